The topological polar surface area (TPSA) is 106 Å². The number of aryl methyl sites for hydroxylation is 1. The molecule has 5 aromatic rings. The van der Waals surface area contributed by atoms with Crippen LogP contribution in [0, 0.1) is 0 Å². The second-order valence-corrected chi connectivity index (χ2v) is 20.9. The standard InChI is InChI=1S/C34H45N7O2SSi/c1-23(39-44(42)33(2,3)4)28-14-12-15-29(37-28)24-19-26(30-17-18-40(8)38-30)27-21-35-41(31(27)20-24)32-16-11-13-25(36-32)22-43-45(9,10)34(5,6)7/h11-21,23,39H,22H2,1-10H3/t23-,44+/m0/s1. The Bertz CT molecular complexity index is 1800. The zero-order chi connectivity index (χ0) is 32.7. The predicted octanol–water partition coefficient (Wildman–Crippen LogP) is 7.52. The molecule has 5 rings (SSSR count). The van der Waals surface area contributed by atoms with Crippen LogP contribution in [0.5, 0.6) is 0 Å². The molecule has 0 amide bonds. The van der Waals surface area contributed by atoms with Gasteiger partial charge in [-0.15, -0.1) is 4.72 Å². The second-order valence-electron chi connectivity index (χ2n) is 14.1. The summed E-state index contributed by atoms with van der Waals surface area (Å²) in [5.74, 6) is 0.717. The number of nitrogens with zero attached hydrogens (tertiary/aromatic N) is 6. The van der Waals surface area contributed by atoms with E-state index in [9.17, 15) is 4.55 Å². The van der Waals surface area contributed by atoms with E-state index < -0.39 is 19.7 Å². The van der Waals surface area contributed by atoms with Crippen LogP contribution < -0.4 is 4.72 Å². The average molecular weight is 644 g/mol. The maximum absolute atomic E-state index is 12.8. The van der Waals surface area contributed by atoms with E-state index in [1.54, 1.807) is 4.68 Å². The van der Waals surface area contributed by atoms with E-state index in [4.69, 9.17) is 24.6 Å². The summed E-state index contributed by atoms with van der Waals surface area (Å²) in [4.78, 5) is 9.98. The van der Waals surface area contributed by atoms with Crippen LogP contribution in [0.2, 0.25) is 18.1 Å². The van der Waals surface area contributed by atoms with Gasteiger partial charge in [0.15, 0.2) is 14.1 Å². The molecule has 0 saturated carbocycles. The third-order valence-corrected chi connectivity index (χ3v) is 14.6. The molecule has 11 heteroatoms. The zero-order valence-corrected chi connectivity index (χ0v) is 29.9. The first-order valence-corrected chi connectivity index (χ1v) is 19.4. The molecular formula is C34H45N7O2SSi. The molecular weight excluding hydrogens is 599 g/mol. The molecule has 0 saturated heterocycles. The van der Waals surface area contributed by atoms with Gasteiger partial charge in [0.05, 0.1) is 47.1 Å². The van der Waals surface area contributed by atoms with Crippen molar-refractivity contribution < 1.29 is 8.98 Å². The average Bonchev–Trinajstić information content (AvgIpc) is 3.61. The van der Waals surface area contributed by atoms with Crippen LogP contribution >= 0.6 is 0 Å². The fourth-order valence-electron chi connectivity index (χ4n) is 4.61. The van der Waals surface area contributed by atoms with Crippen molar-refractivity contribution >= 4 is 30.6 Å². The largest absolute Gasteiger partial charge is 0.598 e. The smallest absolute Gasteiger partial charge is 0.192 e. The van der Waals surface area contributed by atoms with E-state index in [2.05, 4.69) is 50.7 Å². The van der Waals surface area contributed by atoms with Gasteiger partial charge < -0.3 is 8.98 Å². The van der Waals surface area contributed by atoms with Gasteiger partial charge in [-0.1, -0.05) is 32.9 Å². The molecule has 1 aromatic carbocycles. The minimum atomic E-state index is -1.93. The summed E-state index contributed by atoms with van der Waals surface area (Å²) >= 11 is -1.22. The monoisotopic (exact) mass is 643 g/mol. The summed E-state index contributed by atoms with van der Waals surface area (Å²) in [6.07, 6.45) is 3.81. The summed E-state index contributed by atoms with van der Waals surface area (Å²) < 4.78 is 25.8. The van der Waals surface area contributed by atoms with Gasteiger partial charge in [0.25, 0.3) is 0 Å². The highest BCUT2D eigenvalue weighted by Crippen LogP contribution is 2.37. The van der Waals surface area contributed by atoms with Crippen LogP contribution in [0.15, 0.2) is 67.0 Å². The minimum absolute atomic E-state index is 0.115. The molecule has 2 atom stereocenters. The summed E-state index contributed by atoms with van der Waals surface area (Å²) in [5, 5.41) is 10.6. The normalized spacial score (nSPS) is 14.2. The third kappa shape index (κ3) is 7.23. The Morgan fingerprint density at radius 2 is 1.71 bits per heavy atom. The number of fused-ring (bicyclic) bond motifs is 1. The van der Waals surface area contributed by atoms with Crippen LogP contribution in [0.3, 0.4) is 0 Å². The van der Waals surface area contributed by atoms with E-state index in [-0.39, 0.29) is 15.8 Å². The lowest BCUT2D eigenvalue weighted by Crippen LogP contribution is -2.40. The van der Waals surface area contributed by atoms with E-state index in [0.29, 0.717) is 6.61 Å². The van der Waals surface area contributed by atoms with E-state index in [0.717, 1.165) is 50.6 Å². The lowest BCUT2D eigenvalue weighted by atomic mass is 10.0. The molecule has 1 N–H and O–H groups in total. The quantitative estimate of drug-likeness (QED) is 0.131. The Balaban J connectivity index is 1.57. The molecule has 0 fully saturated rings. The first-order chi connectivity index (χ1) is 21.0. The van der Waals surface area contributed by atoms with Crippen molar-refractivity contribution in [1.29, 1.82) is 0 Å². The fourth-order valence-corrected chi connectivity index (χ4v) is 6.35. The van der Waals surface area contributed by atoms with Crippen LogP contribution in [-0.2, 0) is 29.4 Å². The zero-order valence-electron chi connectivity index (χ0n) is 28.0. The number of pyridine rings is 2. The highest BCUT2D eigenvalue weighted by atomic mass is 32.2. The van der Waals surface area contributed by atoms with Gasteiger partial charge in [0.2, 0.25) is 0 Å². The van der Waals surface area contributed by atoms with E-state index >= 15 is 0 Å². The Kier molecular flexibility index (Phi) is 9.13. The first kappa shape index (κ1) is 33.0. The predicted molar refractivity (Wildman–Crippen MR) is 186 cm³/mol. The molecule has 0 radical (unpaired) electrons. The van der Waals surface area contributed by atoms with Crippen LogP contribution in [0.1, 0.15) is 65.9 Å². The molecule has 0 spiro atoms. The Hall–Kier alpha value is -3.35. The number of nitrogens with one attached hydrogen (secondary N) is 1. The van der Waals surface area contributed by atoms with Gasteiger partial charge in [-0.25, -0.2) is 9.67 Å². The second kappa shape index (κ2) is 12.4. The molecule has 0 bridgehead atoms. The molecule has 4 heterocycles. The molecule has 0 aliphatic carbocycles. The van der Waals surface area contributed by atoms with Crippen molar-refractivity contribution in [2.75, 3.05) is 0 Å². The van der Waals surface area contributed by atoms with Crippen molar-refractivity contribution in [3.63, 3.8) is 0 Å². The van der Waals surface area contributed by atoms with Gasteiger partial charge >= 0.3 is 0 Å². The number of rotatable bonds is 9. The van der Waals surface area contributed by atoms with Crippen LogP contribution in [0.4, 0.5) is 0 Å². The maximum atomic E-state index is 12.8. The fraction of sp³-hybridized carbons (Fsp3) is 0.412. The Labute approximate surface area is 270 Å². The molecule has 4 aromatic heterocycles. The van der Waals surface area contributed by atoms with Gasteiger partial charge in [-0.05, 0) is 88.3 Å². The van der Waals surface area contributed by atoms with Crippen LogP contribution in [0.25, 0.3) is 39.2 Å². The Morgan fingerprint density at radius 3 is 2.38 bits per heavy atom. The van der Waals surface area contributed by atoms with Crippen molar-refractivity contribution in [2.45, 2.75) is 84.0 Å². The van der Waals surface area contributed by atoms with Crippen molar-refractivity contribution in [1.82, 2.24) is 34.3 Å². The molecule has 238 valence electrons. The molecule has 0 aliphatic rings. The number of hydrogen-bond donors (Lipinski definition) is 1. The van der Waals surface area contributed by atoms with Gasteiger partial charge in [0.1, 0.15) is 4.75 Å². The van der Waals surface area contributed by atoms with Gasteiger partial charge in [-0.2, -0.15) is 10.2 Å². The third-order valence-electron chi connectivity index (χ3n) is 8.42. The van der Waals surface area contributed by atoms with Crippen molar-refractivity contribution in [2.24, 2.45) is 7.05 Å². The summed E-state index contributed by atoms with van der Waals surface area (Å²) in [6, 6.07) is 18.0. The lowest BCUT2D eigenvalue weighted by Gasteiger charge is -2.36. The number of aromatic nitrogens is 6. The van der Waals surface area contributed by atoms with Crippen molar-refractivity contribution in [3.8, 4) is 28.3 Å². The lowest BCUT2D eigenvalue weighted by molar-refractivity contribution is 0.272. The van der Waals surface area contributed by atoms with Gasteiger partial charge in [0, 0.05) is 41.1 Å². The van der Waals surface area contributed by atoms with E-state index in [1.165, 1.54) is 0 Å². The molecule has 0 aliphatic heterocycles. The summed E-state index contributed by atoms with van der Waals surface area (Å²) in [6.45, 7) is 19.5. The number of benzene rings is 1. The van der Waals surface area contributed by atoms with Gasteiger partial charge in [-0.3, -0.25) is 9.67 Å². The summed E-state index contributed by atoms with van der Waals surface area (Å²) in [5.41, 5.74) is 6.11. The van der Waals surface area contributed by atoms with Crippen molar-refractivity contribution in [3.05, 3.63) is 78.4 Å². The maximum Gasteiger partial charge on any atom is 0.192 e. The van der Waals surface area contributed by atoms with Crippen LogP contribution in [-0.4, -0.2) is 47.1 Å². The Morgan fingerprint density at radius 1 is 0.978 bits per heavy atom. The number of hydrogen-bond acceptors (Lipinski definition) is 7. The minimum Gasteiger partial charge on any atom is -0.598 e. The SMILES string of the molecule is C[C@H](N[S@+]([O-])C(C)(C)C)c1cccc(-c2cc(-c3ccn(C)n3)c3cnn(-c4cccc(CO[Si](C)(C)C(C)(C)C)n4)c3c2)n1. The summed E-state index contributed by atoms with van der Waals surface area (Å²) in [7, 11) is -0.0213. The van der Waals surface area contributed by atoms with E-state index in [1.807, 2.05) is 94.3 Å². The highest BCUT2D eigenvalue weighted by Gasteiger charge is 2.37. The molecule has 45 heavy (non-hydrogen) atoms. The highest BCUT2D eigenvalue weighted by molar-refractivity contribution is 7.90. The first-order valence-electron chi connectivity index (χ1n) is 15.3. The molecule has 9 nitrogen and oxygen atoms in total. The molecule has 0 unspecified atom stereocenters.